The smallest absolute Gasteiger partial charge is 0.255 e. The number of ether oxygens (including phenoxy) is 1. The third-order valence-electron chi connectivity index (χ3n) is 3.05. The summed E-state index contributed by atoms with van der Waals surface area (Å²) in [6, 6.07) is 9.02. The Bertz CT molecular complexity index is 595. The van der Waals surface area contributed by atoms with Crippen molar-refractivity contribution in [2.45, 2.75) is 19.8 Å². The number of nitrogens with one attached hydrogen (secondary N) is 1. The average molecular weight is 270 g/mol. The summed E-state index contributed by atoms with van der Waals surface area (Å²) in [4.78, 5) is 16.0. The van der Waals surface area contributed by atoms with Crippen molar-refractivity contribution in [2.75, 3.05) is 12.4 Å². The number of aromatic nitrogens is 1. The molecule has 1 heterocycles. The number of hydrogen-bond acceptors (Lipinski definition) is 3. The van der Waals surface area contributed by atoms with Gasteiger partial charge in [-0.1, -0.05) is 13.8 Å². The number of methoxy groups -OCH3 is 1. The van der Waals surface area contributed by atoms with E-state index in [0.717, 1.165) is 17.0 Å². The lowest BCUT2D eigenvalue weighted by Crippen LogP contribution is -2.12. The van der Waals surface area contributed by atoms with E-state index < -0.39 is 0 Å². The van der Waals surface area contributed by atoms with Crippen LogP contribution in [0.2, 0.25) is 0 Å². The second-order valence-corrected chi connectivity index (χ2v) is 4.80. The van der Waals surface area contributed by atoms with Crippen LogP contribution >= 0.6 is 0 Å². The van der Waals surface area contributed by atoms with Gasteiger partial charge in [0.15, 0.2) is 0 Å². The Kier molecular flexibility index (Phi) is 4.35. The number of carbonyl (C=O) groups is 1. The van der Waals surface area contributed by atoms with E-state index in [0.29, 0.717) is 11.5 Å². The van der Waals surface area contributed by atoms with Crippen molar-refractivity contribution in [3.8, 4) is 5.75 Å². The molecule has 4 heteroatoms. The van der Waals surface area contributed by atoms with Crippen molar-refractivity contribution < 1.29 is 9.53 Å². The Balaban J connectivity index is 2.22. The quantitative estimate of drug-likeness (QED) is 0.925. The number of anilines is 1. The molecule has 1 N–H and O–H groups in total. The maximum absolute atomic E-state index is 12.1. The van der Waals surface area contributed by atoms with E-state index in [9.17, 15) is 4.79 Å². The molecule has 0 aliphatic rings. The standard InChI is InChI=1S/C16H18N2O2/c1-11(2)14-10-13(4-5-15(14)20-3)18-16(19)12-6-8-17-9-7-12/h4-11H,1-3H3,(H,18,19). The van der Waals surface area contributed by atoms with E-state index in [1.807, 2.05) is 18.2 Å². The molecular formula is C16H18N2O2. The highest BCUT2D eigenvalue weighted by atomic mass is 16.5. The molecular weight excluding hydrogens is 252 g/mol. The fraction of sp³-hybridized carbons (Fsp3) is 0.250. The molecule has 20 heavy (non-hydrogen) atoms. The fourth-order valence-electron chi connectivity index (χ4n) is 1.97. The van der Waals surface area contributed by atoms with Gasteiger partial charge in [-0.05, 0) is 41.8 Å². The molecule has 104 valence electrons. The summed E-state index contributed by atoms with van der Waals surface area (Å²) < 4.78 is 5.33. The second kappa shape index (κ2) is 6.19. The molecule has 0 aliphatic heterocycles. The van der Waals surface area contributed by atoms with Crippen LogP contribution in [0.3, 0.4) is 0 Å². The zero-order valence-electron chi connectivity index (χ0n) is 11.9. The van der Waals surface area contributed by atoms with Crippen molar-refractivity contribution >= 4 is 11.6 Å². The predicted octanol–water partition coefficient (Wildman–Crippen LogP) is 3.47. The molecule has 0 saturated carbocycles. The molecule has 2 aromatic rings. The van der Waals surface area contributed by atoms with Crippen molar-refractivity contribution in [3.63, 3.8) is 0 Å². The van der Waals surface area contributed by atoms with Gasteiger partial charge >= 0.3 is 0 Å². The molecule has 0 unspecified atom stereocenters. The first-order valence-corrected chi connectivity index (χ1v) is 6.51. The molecule has 0 radical (unpaired) electrons. The molecule has 0 atom stereocenters. The normalized spacial score (nSPS) is 10.4. The molecule has 1 aromatic heterocycles. The first-order valence-electron chi connectivity index (χ1n) is 6.51. The van der Waals surface area contributed by atoms with Gasteiger partial charge in [0.2, 0.25) is 0 Å². The Hall–Kier alpha value is -2.36. The van der Waals surface area contributed by atoms with Gasteiger partial charge in [-0.25, -0.2) is 0 Å². The van der Waals surface area contributed by atoms with Gasteiger partial charge in [0.1, 0.15) is 5.75 Å². The number of amides is 1. The maximum Gasteiger partial charge on any atom is 0.255 e. The van der Waals surface area contributed by atoms with Crippen LogP contribution in [-0.4, -0.2) is 18.0 Å². The lowest BCUT2D eigenvalue weighted by Gasteiger charge is -2.14. The van der Waals surface area contributed by atoms with Gasteiger partial charge in [0.05, 0.1) is 7.11 Å². The van der Waals surface area contributed by atoms with Gasteiger partial charge in [0.25, 0.3) is 5.91 Å². The topological polar surface area (TPSA) is 51.2 Å². The molecule has 4 nitrogen and oxygen atoms in total. The lowest BCUT2D eigenvalue weighted by atomic mass is 10.0. The van der Waals surface area contributed by atoms with Crippen LogP contribution in [0.25, 0.3) is 0 Å². The third-order valence-corrected chi connectivity index (χ3v) is 3.05. The highest BCUT2D eigenvalue weighted by Crippen LogP contribution is 2.29. The van der Waals surface area contributed by atoms with E-state index in [1.165, 1.54) is 0 Å². The van der Waals surface area contributed by atoms with E-state index in [2.05, 4.69) is 24.1 Å². The third kappa shape index (κ3) is 3.15. The molecule has 0 fully saturated rings. The summed E-state index contributed by atoms with van der Waals surface area (Å²) in [5.41, 5.74) is 2.42. The summed E-state index contributed by atoms with van der Waals surface area (Å²) in [5, 5.41) is 2.88. The highest BCUT2D eigenvalue weighted by Gasteiger charge is 2.10. The number of carbonyl (C=O) groups excluding carboxylic acids is 1. The summed E-state index contributed by atoms with van der Waals surface area (Å²) in [6.45, 7) is 4.18. The Labute approximate surface area is 118 Å². The van der Waals surface area contributed by atoms with Crippen LogP contribution in [0.4, 0.5) is 5.69 Å². The summed E-state index contributed by atoms with van der Waals surface area (Å²) in [6.07, 6.45) is 3.20. The van der Waals surface area contributed by atoms with Crippen LogP contribution in [0.5, 0.6) is 5.75 Å². The Morgan fingerprint density at radius 2 is 1.90 bits per heavy atom. The van der Waals surface area contributed by atoms with Crippen molar-refractivity contribution in [3.05, 3.63) is 53.9 Å². The molecule has 0 spiro atoms. The minimum absolute atomic E-state index is 0.146. The van der Waals surface area contributed by atoms with Crippen LogP contribution in [0, 0.1) is 0 Å². The lowest BCUT2D eigenvalue weighted by molar-refractivity contribution is 0.102. The maximum atomic E-state index is 12.1. The number of rotatable bonds is 4. The molecule has 2 rings (SSSR count). The van der Waals surface area contributed by atoms with Crippen LogP contribution < -0.4 is 10.1 Å². The Morgan fingerprint density at radius 1 is 1.20 bits per heavy atom. The monoisotopic (exact) mass is 270 g/mol. The van der Waals surface area contributed by atoms with Crippen molar-refractivity contribution in [1.29, 1.82) is 0 Å². The largest absolute Gasteiger partial charge is 0.496 e. The molecule has 0 bridgehead atoms. The van der Waals surface area contributed by atoms with Crippen LogP contribution in [-0.2, 0) is 0 Å². The van der Waals surface area contributed by atoms with E-state index >= 15 is 0 Å². The number of pyridine rings is 1. The zero-order chi connectivity index (χ0) is 14.5. The van der Waals surface area contributed by atoms with Crippen LogP contribution in [0.15, 0.2) is 42.7 Å². The van der Waals surface area contributed by atoms with E-state index in [4.69, 9.17) is 4.74 Å². The van der Waals surface area contributed by atoms with Crippen molar-refractivity contribution in [1.82, 2.24) is 4.98 Å². The summed E-state index contributed by atoms with van der Waals surface area (Å²) in [5.74, 6) is 1.01. The Morgan fingerprint density at radius 3 is 2.50 bits per heavy atom. The van der Waals surface area contributed by atoms with Crippen LogP contribution in [0.1, 0.15) is 35.7 Å². The van der Waals surface area contributed by atoms with E-state index in [-0.39, 0.29) is 5.91 Å². The summed E-state index contributed by atoms with van der Waals surface area (Å²) >= 11 is 0. The average Bonchev–Trinajstić information content (AvgIpc) is 2.48. The molecule has 0 aliphatic carbocycles. The SMILES string of the molecule is COc1ccc(NC(=O)c2ccncc2)cc1C(C)C. The van der Waals surface area contributed by atoms with Gasteiger partial charge in [0, 0.05) is 23.6 Å². The number of hydrogen-bond donors (Lipinski definition) is 1. The summed E-state index contributed by atoms with van der Waals surface area (Å²) in [7, 11) is 1.65. The molecule has 1 amide bonds. The minimum atomic E-state index is -0.146. The first kappa shape index (κ1) is 14.1. The fourth-order valence-corrected chi connectivity index (χ4v) is 1.97. The van der Waals surface area contributed by atoms with Gasteiger partial charge in [-0.15, -0.1) is 0 Å². The molecule has 1 aromatic carbocycles. The van der Waals surface area contributed by atoms with Crippen molar-refractivity contribution in [2.24, 2.45) is 0 Å². The number of nitrogens with zero attached hydrogens (tertiary/aromatic N) is 1. The second-order valence-electron chi connectivity index (χ2n) is 4.80. The van der Waals surface area contributed by atoms with Gasteiger partial charge in [-0.2, -0.15) is 0 Å². The van der Waals surface area contributed by atoms with Gasteiger partial charge < -0.3 is 10.1 Å². The highest BCUT2D eigenvalue weighted by molar-refractivity contribution is 6.04. The van der Waals surface area contributed by atoms with E-state index in [1.54, 1.807) is 31.6 Å². The van der Waals surface area contributed by atoms with Gasteiger partial charge in [-0.3, -0.25) is 9.78 Å². The zero-order valence-corrected chi connectivity index (χ0v) is 11.9. The predicted molar refractivity (Wildman–Crippen MR) is 79.3 cm³/mol. The first-order chi connectivity index (χ1) is 9.61. The minimum Gasteiger partial charge on any atom is -0.496 e. The number of benzene rings is 1. The molecule has 0 saturated heterocycles.